The third kappa shape index (κ3) is 4.11. The summed E-state index contributed by atoms with van der Waals surface area (Å²) < 4.78 is 16.5. The van der Waals surface area contributed by atoms with Gasteiger partial charge < -0.3 is 19.3 Å². The molecule has 2 amide bonds. The fourth-order valence-corrected chi connectivity index (χ4v) is 4.44. The lowest BCUT2D eigenvalue weighted by Crippen LogP contribution is -2.42. The number of amides is 2. The Bertz CT molecular complexity index is 1210. The number of hydrogen-bond acceptors (Lipinski definition) is 6. The summed E-state index contributed by atoms with van der Waals surface area (Å²) in [6.07, 6.45) is 1.40. The molecule has 0 aliphatic carbocycles. The summed E-state index contributed by atoms with van der Waals surface area (Å²) >= 11 is 0. The highest BCUT2D eigenvalue weighted by Crippen LogP contribution is 2.35. The zero-order chi connectivity index (χ0) is 24.4. The van der Waals surface area contributed by atoms with Gasteiger partial charge >= 0.3 is 6.03 Å². The molecule has 0 fully saturated rings. The molecule has 1 N–H and O–H groups in total. The van der Waals surface area contributed by atoms with Crippen LogP contribution in [0.2, 0.25) is 0 Å². The number of methoxy groups -OCH3 is 2. The van der Waals surface area contributed by atoms with Crippen molar-refractivity contribution < 1.29 is 18.8 Å². The maximum atomic E-state index is 12.8. The average molecular weight is 463 g/mol. The predicted octanol–water partition coefficient (Wildman–Crippen LogP) is 4.70. The second-order valence-corrected chi connectivity index (χ2v) is 8.26. The quantitative estimate of drug-likeness (QED) is 0.593. The van der Waals surface area contributed by atoms with Crippen molar-refractivity contribution in [3.63, 3.8) is 0 Å². The number of carbonyl (C=O) groups is 1. The van der Waals surface area contributed by atoms with Gasteiger partial charge in [0, 0.05) is 23.7 Å². The van der Waals surface area contributed by atoms with Crippen molar-refractivity contribution in [2.45, 2.75) is 39.7 Å². The number of rotatable bonds is 5. The minimum atomic E-state index is -0.247. The van der Waals surface area contributed by atoms with Gasteiger partial charge in [-0.2, -0.15) is 5.10 Å². The van der Waals surface area contributed by atoms with Gasteiger partial charge in [0.2, 0.25) is 0 Å². The molecule has 178 valence electrons. The van der Waals surface area contributed by atoms with Crippen LogP contribution < -0.4 is 14.8 Å². The van der Waals surface area contributed by atoms with Crippen LogP contribution in [-0.4, -0.2) is 49.2 Å². The summed E-state index contributed by atoms with van der Waals surface area (Å²) in [5.41, 5.74) is 6.37. The second-order valence-electron chi connectivity index (χ2n) is 8.26. The first-order chi connectivity index (χ1) is 16.4. The van der Waals surface area contributed by atoms with Gasteiger partial charge in [0.1, 0.15) is 5.76 Å². The number of hydrogen-bond donors (Lipinski definition) is 1. The fraction of sp³-hybridized carbons (Fsp3) is 0.346. The van der Waals surface area contributed by atoms with Crippen LogP contribution in [-0.2, 0) is 6.42 Å². The zero-order valence-electron chi connectivity index (χ0n) is 20.4. The van der Waals surface area contributed by atoms with Crippen molar-refractivity contribution in [1.82, 2.24) is 15.5 Å². The zero-order valence-corrected chi connectivity index (χ0v) is 20.4. The molecule has 1 atom stereocenters. The van der Waals surface area contributed by atoms with Crippen LogP contribution >= 0.6 is 0 Å². The first-order valence-electron chi connectivity index (χ1n) is 11.3. The molecule has 1 unspecified atom stereocenters. The van der Waals surface area contributed by atoms with Crippen LogP contribution in [0.15, 0.2) is 46.0 Å². The minimum absolute atomic E-state index is 0.101. The van der Waals surface area contributed by atoms with Gasteiger partial charge in [0.05, 0.1) is 31.7 Å². The van der Waals surface area contributed by atoms with Gasteiger partial charge in [-0.25, -0.2) is 9.80 Å². The van der Waals surface area contributed by atoms with Crippen LogP contribution in [0.4, 0.5) is 4.79 Å². The average Bonchev–Trinajstić information content (AvgIpc) is 3.11. The third-order valence-electron chi connectivity index (χ3n) is 6.25. The summed E-state index contributed by atoms with van der Waals surface area (Å²) in [4.78, 5) is 12.8. The number of urea groups is 1. The number of aromatic nitrogens is 1. The van der Waals surface area contributed by atoms with Gasteiger partial charge in [-0.05, 0) is 49.9 Å². The van der Waals surface area contributed by atoms with Crippen LogP contribution in [0.3, 0.4) is 0 Å². The lowest BCUT2D eigenvalue weighted by atomic mass is 9.92. The van der Waals surface area contributed by atoms with E-state index in [4.69, 9.17) is 19.1 Å². The van der Waals surface area contributed by atoms with Crippen molar-refractivity contribution in [3.05, 3.63) is 64.5 Å². The molecule has 1 aliphatic heterocycles. The number of nitrogens with one attached hydrogen (secondary N) is 1. The Morgan fingerprint density at radius 1 is 1.12 bits per heavy atom. The number of ether oxygens (including phenoxy) is 2. The Morgan fingerprint density at radius 3 is 2.32 bits per heavy atom. The van der Waals surface area contributed by atoms with Gasteiger partial charge in [-0.1, -0.05) is 36.3 Å². The molecular formula is C26H30N4O4. The normalized spacial score (nSPS) is 15.3. The number of benzene rings is 2. The van der Waals surface area contributed by atoms with E-state index in [1.54, 1.807) is 26.3 Å². The van der Waals surface area contributed by atoms with Crippen LogP contribution in [0, 0.1) is 13.8 Å². The summed E-state index contributed by atoms with van der Waals surface area (Å²) in [5, 5.41) is 13.2. The van der Waals surface area contributed by atoms with Crippen LogP contribution in [0.1, 0.15) is 41.5 Å². The topological polar surface area (TPSA) is 89.2 Å². The molecule has 0 saturated carbocycles. The van der Waals surface area contributed by atoms with Gasteiger partial charge in [-0.15, -0.1) is 0 Å². The first-order valence-corrected chi connectivity index (χ1v) is 11.3. The molecule has 2 heterocycles. The molecule has 1 aromatic heterocycles. The third-order valence-corrected chi connectivity index (χ3v) is 6.25. The molecule has 34 heavy (non-hydrogen) atoms. The Labute approximate surface area is 199 Å². The Kier molecular flexibility index (Phi) is 6.58. The number of fused-ring (bicyclic) bond motifs is 1. The van der Waals surface area contributed by atoms with E-state index in [0.29, 0.717) is 23.6 Å². The highest BCUT2D eigenvalue weighted by atomic mass is 16.5. The molecule has 4 rings (SSSR count). The van der Waals surface area contributed by atoms with Crippen LogP contribution in [0.25, 0.3) is 11.1 Å². The molecule has 0 saturated heterocycles. The van der Waals surface area contributed by atoms with E-state index in [0.717, 1.165) is 45.7 Å². The van der Waals surface area contributed by atoms with Gasteiger partial charge in [-0.3, -0.25) is 0 Å². The molecule has 3 aromatic rings. The number of nitrogens with zero attached hydrogens (tertiary/aromatic N) is 3. The molecule has 8 heteroatoms. The first kappa shape index (κ1) is 23.4. The van der Waals surface area contributed by atoms with E-state index in [9.17, 15) is 4.79 Å². The molecule has 8 nitrogen and oxygen atoms in total. The number of aryl methyl sites for hydroxylation is 2. The SMILES string of the molecule is CCC1Cc2cc(OC)c(OC)cc2C(c2ccc(-c3c(C)noc3C)cc2)=NN1C(=O)NC. The predicted molar refractivity (Wildman–Crippen MR) is 131 cm³/mol. The molecule has 0 bridgehead atoms. The molecule has 1 aliphatic rings. The minimum Gasteiger partial charge on any atom is -0.493 e. The fourth-order valence-electron chi connectivity index (χ4n) is 4.44. The highest BCUT2D eigenvalue weighted by molar-refractivity contribution is 6.14. The van der Waals surface area contributed by atoms with Crippen molar-refractivity contribution >= 4 is 11.7 Å². The molecule has 0 radical (unpaired) electrons. The van der Waals surface area contributed by atoms with Gasteiger partial charge in [0.25, 0.3) is 0 Å². The van der Waals surface area contributed by atoms with E-state index in [1.807, 2.05) is 50.2 Å². The largest absolute Gasteiger partial charge is 0.493 e. The Balaban J connectivity index is 1.89. The van der Waals surface area contributed by atoms with Gasteiger partial charge in [0.15, 0.2) is 11.5 Å². The molecule has 2 aromatic carbocycles. The Hall–Kier alpha value is -3.81. The van der Waals surface area contributed by atoms with Crippen molar-refractivity contribution in [2.75, 3.05) is 21.3 Å². The van der Waals surface area contributed by atoms with E-state index in [-0.39, 0.29) is 12.1 Å². The maximum absolute atomic E-state index is 12.8. The second kappa shape index (κ2) is 9.59. The van der Waals surface area contributed by atoms with Crippen molar-refractivity contribution in [3.8, 4) is 22.6 Å². The van der Waals surface area contributed by atoms with E-state index >= 15 is 0 Å². The van der Waals surface area contributed by atoms with Crippen molar-refractivity contribution in [2.24, 2.45) is 5.10 Å². The van der Waals surface area contributed by atoms with E-state index in [1.165, 1.54) is 0 Å². The molecular weight excluding hydrogens is 432 g/mol. The number of carbonyl (C=O) groups excluding carboxylic acids is 1. The van der Waals surface area contributed by atoms with Crippen LogP contribution in [0.5, 0.6) is 11.5 Å². The molecule has 0 spiro atoms. The lowest BCUT2D eigenvalue weighted by Gasteiger charge is -2.25. The maximum Gasteiger partial charge on any atom is 0.337 e. The summed E-state index contributed by atoms with van der Waals surface area (Å²) in [6, 6.07) is 11.6. The summed E-state index contributed by atoms with van der Waals surface area (Å²) in [5.74, 6) is 2.04. The summed E-state index contributed by atoms with van der Waals surface area (Å²) in [7, 11) is 4.85. The Morgan fingerprint density at radius 2 is 1.76 bits per heavy atom. The van der Waals surface area contributed by atoms with E-state index in [2.05, 4.69) is 17.4 Å². The monoisotopic (exact) mass is 462 g/mol. The summed E-state index contributed by atoms with van der Waals surface area (Å²) in [6.45, 7) is 5.89. The van der Waals surface area contributed by atoms with Crippen molar-refractivity contribution in [1.29, 1.82) is 0 Å². The number of hydrazone groups is 1. The standard InChI is InChI=1S/C26H30N4O4/c1-7-20-12-19-13-22(32-5)23(33-6)14-21(19)25(28-30(20)26(31)27-4)18-10-8-17(9-11-18)24-15(2)29-34-16(24)3/h8-11,13-14,20H,7,12H2,1-6H3,(H,27,31). The van der Waals surface area contributed by atoms with E-state index < -0.39 is 0 Å². The lowest BCUT2D eigenvalue weighted by molar-refractivity contribution is 0.177. The smallest absolute Gasteiger partial charge is 0.337 e. The highest BCUT2D eigenvalue weighted by Gasteiger charge is 2.30.